The van der Waals surface area contributed by atoms with Crippen molar-refractivity contribution in [3.8, 4) is 11.4 Å². The molecule has 11 heteroatoms. The summed E-state index contributed by atoms with van der Waals surface area (Å²) in [5, 5.41) is 2.81. The Kier molecular flexibility index (Phi) is 7.03. The number of carbonyl (C=O) groups excluding carboxylic acids is 1. The summed E-state index contributed by atoms with van der Waals surface area (Å²) in [4.78, 5) is 26.1. The molecule has 36 heavy (non-hydrogen) atoms. The van der Waals surface area contributed by atoms with E-state index < -0.39 is 29.6 Å². The Morgan fingerprint density at radius 1 is 1.06 bits per heavy atom. The number of halogens is 5. The topological polar surface area (TPSA) is 71.0 Å². The third-order valence-corrected chi connectivity index (χ3v) is 6.32. The zero-order valence-corrected chi connectivity index (χ0v) is 19.6. The lowest BCUT2D eigenvalue weighted by Gasteiger charge is -2.39. The molecule has 1 fully saturated rings. The van der Waals surface area contributed by atoms with E-state index in [-0.39, 0.29) is 36.9 Å². The molecule has 1 saturated heterocycles. The Bertz CT molecular complexity index is 1210. The number of aromatic nitrogens is 3. The number of carbonyl (C=O) groups is 1. The first kappa shape index (κ1) is 25.6. The number of nitrogens with one attached hydrogen (secondary N) is 1. The Morgan fingerprint density at radius 2 is 1.78 bits per heavy atom. The maximum absolute atomic E-state index is 14.4. The lowest BCUT2D eigenvalue weighted by atomic mass is 9.91. The van der Waals surface area contributed by atoms with Gasteiger partial charge < -0.3 is 5.32 Å². The largest absolute Gasteiger partial charge is 0.434 e. The van der Waals surface area contributed by atoms with E-state index in [1.54, 1.807) is 29.2 Å². The number of alkyl halides is 4. The fraction of sp³-hybridized carbons (Fsp3) is 0.360. The van der Waals surface area contributed by atoms with Crippen LogP contribution in [-0.2, 0) is 23.1 Å². The molecular weight excluding hydrogens is 481 g/mol. The molecule has 1 N–H and O–H groups in total. The van der Waals surface area contributed by atoms with Gasteiger partial charge in [-0.3, -0.25) is 19.7 Å². The van der Waals surface area contributed by atoms with Gasteiger partial charge in [0.2, 0.25) is 5.91 Å². The molecule has 2 aromatic heterocycles. The molecule has 4 rings (SSSR count). The zero-order valence-electron chi connectivity index (χ0n) is 19.6. The first-order valence-corrected chi connectivity index (χ1v) is 11.2. The number of benzene rings is 1. The van der Waals surface area contributed by atoms with Crippen LogP contribution in [0.2, 0.25) is 0 Å². The van der Waals surface area contributed by atoms with Crippen LogP contribution in [0.1, 0.15) is 37.1 Å². The van der Waals surface area contributed by atoms with Gasteiger partial charge in [0.15, 0.2) is 5.69 Å². The second-order valence-corrected chi connectivity index (χ2v) is 9.12. The van der Waals surface area contributed by atoms with Gasteiger partial charge in [-0.25, -0.2) is 13.8 Å². The van der Waals surface area contributed by atoms with Gasteiger partial charge in [-0.15, -0.1) is 0 Å². The molecule has 1 aliphatic heterocycles. The van der Waals surface area contributed by atoms with Gasteiger partial charge in [0.1, 0.15) is 17.7 Å². The predicted octanol–water partition coefficient (Wildman–Crippen LogP) is 4.66. The standard InChI is InChI=1S/C25H24F5N5O/c1-24(2,16-3-5-17(26)6-4-16)35-14-18(27)10-21(35)23(36)34-11-15-7-8-31-19(9-15)20-12-33-22(13-32-20)25(28,29)30/h3-9,12-13,18,21H,10-11,14H2,1-2H3,(H,34,36)/t18-,21+/m1/s1. The van der Waals surface area contributed by atoms with Gasteiger partial charge in [0.05, 0.1) is 24.1 Å². The molecular formula is C25H24F5N5O. The van der Waals surface area contributed by atoms with Crippen LogP contribution in [0.15, 0.2) is 55.0 Å². The van der Waals surface area contributed by atoms with E-state index in [4.69, 9.17) is 0 Å². The summed E-state index contributed by atoms with van der Waals surface area (Å²) in [6.45, 7) is 3.88. The maximum atomic E-state index is 14.4. The molecule has 3 heterocycles. The second-order valence-electron chi connectivity index (χ2n) is 9.12. The molecule has 190 valence electrons. The minimum Gasteiger partial charge on any atom is -0.351 e. The van der Waals surface area contributed by atoms with Crippen molar-refractivity contribution in [1.82, 2.24) is 25.2 Å². The van der Waals surface area contributed by atoms with Crippen LogP contribution >= 0.6 is 0 Å². The van der Waals surface area contributed by atoms with Crippen molar-refractivity contribution < 1.29 is 26.7 Å². The zero-order chi connectivity index (χ0) is 26.1. The number of pyridine rings is 1. The molecule has 0 radical (unpaired) electrons. The van der Waals surface area contributed by atoms with E-state index in [2.05, 4.69) is 20.3 Å². The van der Waals surface area contributed by atoms with Crippen molar-refractivity contribution in [3.05, 3.63) is 77.6 Å². The van der Waals surface area contributed by atoms with Crippen LogP contribution < -0.4 is 5.32 Å². The van der Waals surface area contributed by atoms with Gasteiger partial charge in [-0.1, -0.05) is 12.1 Å². The number of likely N-dealkylation sites (tertiary alicyclic amines) is 1. The highest BCUT2D eigenvalue weighted by Gasteiger charge is 2.44. The summed E-state index contributed by atoms with van der Waals surface area (Å²) in [5.74, 6) is -0.745. The number of amides is 1. The second kappa shape index (κ2) is 9.88. The number of rotatable bonds is 6. The number of nitrogens with zero attached hydrogens (tertiary/aromatic N) is 4. The van der Waals surface area contributed by atoms with Gasteiger partial charge in [0.25, 0.3) is 0 Å². The summed E-state index contributed by atoms with van der Waals surface area (Å²) in [6, 6.07) is 8.41. The SMILES string of the molecule is CC(C)(c1ccc(F)cc1)N1C[C@H](F)C[C@H]1C(=O)NCc1ccnc(-c2cnc(C(F)(F)F)cn2)c1. The Labute approximate surface area is 204 Å². The van der Waals surface area contributed by atoms with Gasteiger partial charge >= 0.3 is 6.18 Å². The number of hydrogen-bond donors (Lipinski definition) is 1. The lowest BCUT2D eigenvalue weighted by Crippen LogP contribution is -2.51. The highest BCUT2D eigenvalue weighted by Crippen LogP contribution is 2.36. The minimum absolute atomic E-state index is 0.0270. The molecule has 6 nitrogen and oxygen atoms in total. The molecule has 3 aromatic rings. The van der Waals surface area contributed by atoms with E-state index in [0.29, 0.717) is 17.5 Å². The monoisotopic (exact) mass is 505 g/mol. The first-order chi connectivity index (χ1) is 16.9. The van der Waals surface area contributed by atoms with E-state index in [1.807, 2.05) is 13.8 Å². The molecule has 0 spiro atoms. The van der Waals surface area contributed by atoms with Crippen LogP contribution in [0.3, 0.4) is 0 Å². The fourth-order valence-electron chi connectivity index (χ4n) is 4.31. The van der Waals surface area contributed by atoms with Crippen molar-refractivity contribution in [3.63, 3.8) is 0 Å². The Hall–Kier alpha value is -3.47. The fourth-order valence-corrected chi connectivity index (χ4v) is 4.31. The van der Waals surface area contributed by atoms with Crippen molar-refractivity contribution in [2.75, 3.05) is 6.54 Å². The Balaban J connectivity index is 1.45. The average Bonchev–Trinajstić information content (AvgIpc) is 3.25. The van der Waals surface area contributed by atoms with Crippen LogP contribution in [0.4, 0.5) is 22.0 Å². The van der Waals surface area contributed by atoms with Crippen molar-refractivity contribution in [1.29, 1.82) is 0 Å². The highest BCUT2D eigenvalue weighted by molar-refractivity contribution is 5.82. The summed E-state index contributed by atoms with van der Waals surface area (Å²) in [7, 11) is 0. The van der Waals surface area contributed by atoms with E-state index >= 15 is 0 Å². The third-order valence-electron chi connectivity index (χ3n) is 6.32. The van der Waals surface area contributed by atoms with Gasteiger partial charge in [-0.2, -0.15) is 13.2 Å². The molecule has 1 amide bonds. The molecule has 0 unspecified atom stereocenters. The van der Waals surface area contributed by atoms with Gasteiger partial charge in [0, 0.05) is 31.2 Å². The molecule has 0 aliphatic carbocycles. The van der Waals surface area contributed by atoms with Crippen molar-refractivity contribution >= 4 is 5.91 Å². The Morgan fingerprint density at radius 3 is 2.42 bits per heavy atom. The normalized spacial score (nSPS) is 18.9. The van der Waals surface area contributed by atoms with Gasteiger partial charge in [-0.05, 0) is 49.2 Å². The molecule has 0 bridgehead atoms. The summed E-state index contributed by atoms with van der Waals surface area (Å²) < 4.78 is 66.0. The summed E-state index contributed by atoms with van der Waals surface area (Å²) >= 11 is 0. The highest BCUT2D eigenvalue weighted by atomic mass is 19.4. The van der Waals surface area contributed by atoms with Crippen molar-refractivity contribution in [2.24, 2.45) is 0 Å². The van der Waals surface area contributed by atoms with E-state index in [9.17, 15) is 26.7 Å². The predicted molar refractivity (Wildman–Crippen MR) is 122 cm³/mol. The molecule has 2 atom stereocenters. The average molecular weight is 505 g/mol. The molecule has 1 aromatic carbocycles. The first-order valence-electron chi connectivity index (χ1n) is 11.2. The minimum atomic E-state index is -4.59. The van der Waals surface area contributed by atoms with Crippen LogP contribution in [-0.4, -0.2) is 44.5 Å². The van der Waals surface area contributed by atoms with Crippen LogP contribution in [0.25, 0.3) is 11.4 Å². The van der Waals surface area contributed by atoms with Crippen LogP contribution in [0.5, 0.6) is 0 Å². The quantitative estimate of drug-likeness (QED) is 0.494. The van der Waals surface area contributed by atoms with Crippen molar-refractivity contribution in [2.45, 2.75) is 50.7 Å². The lowest BCUT2D eigenvalue weighted by molar-refractivity contribution is -0.141. The summed E-state index contributed by atoms with van der Waals surface area (Å²) in [5.41, 5.74) is 0.0138. The number of hydrogen-bond acceptors (Lipinski definition) is 5. The van der Waals surface area contributed by atoms with E-state index in [0.717, 1.165) is 11.8 Å². The molecule has 1 aliphatic rings. The van der Waals surface area contributed by atoms with E-state index in [1.165, 1.54) is 18.3 Å². The molecule has 0 saturated carbocycles. The third kappa shape index (κ3) is 5.51. The van der Waals surface area contributed by atoms with Crippen LogP contribution in [0, 0.1) is 5.82 Å². The summed E-state index contributed by atoms with van der Waals surface area (Å²) in [6.07, 6.45) is -2.68. The smallest absolute Gasteiger partial charge is 0.351 e. The maximum Gasteiger partial charge on any atom is 0.434 e.